The summed E-state index contributed by atoms with van der Waals surface area (Å²) in [6.07, 6.45) is 9.76. The zero-order valence-electron chi connectivity index (χ0n) is 16.0. The molecular weight excluding hydrogens is 350 g/mol. The van der Waals surface area contributed by atoms with E-state index in [9.17, 15) is 0 Å². The summed E-state index contributed by atoms with van der Waals surface area (Å²) in [6, 6.07) is 18.0. The molecule has 2 aromatic carbocycles. The van der Waals surface area contributed by atoms with Crippen LogP contribution in [0.15, 0.2) is 61.2 Å². The number of benzene rings is 2. The van der Waals surface area contributed by atoms with Crippen LogP contribution in [0.25, 0.3) is 11.1 Å². The van der Waals surface area contributed by atoms with Crippen LogP contribution in [0.5, 0.6) is 5.75 Å². The van der Waals surface area contributed by atoms with Crippen molar-refractivity contribution in [1.29, 1.82) is 5.26 Å². The van der Waals surface area contributed by atoms with Gasteiger partial charge in [0, 0.05) is 5.75 Å². The SMILES string of the molecule is C=CCCCCCCCSCCOc1ccc(-c2ccc(C#N)cc2)cc1. The van der Waals surface area contributed by atoms with Crippen LogP contribution >= 0.6 is 11.8 Å². The molecule has 0 unspecified atom stereocenters. The second-order valence-electron chi connectivity index (χ2n) is 6.52. The molecule has 0 aliphatic heterocycles. The van der Waals surface area contributed by atoms with Crippen LogP contribution in [-0.2, 0) is 0 Å². The lowest BCUT2D eigenvalue weighted by Gasteiger charge is -2.08. The molecule has 0 atom stereocenters. The summed E-state index contributed by atoms with van der Waals surface area (Å²) in [6.45, 7) is 4.51. The van der Waals surface area contributed by atoms with Crippen molar-refractivity contribution in [1.82, 2.24) is 0 Å². The predicted octanol–water partition coefficient (Wildman–Crippen LogP) is 6.86. The van der Waals surface area contributed by atoms with Crippen LogP contribution in [-0.4, -0.2) is 18.1 Å². The first-order valence-electron chi connectivity index (χ1n) is 9.75. The first-order chi connectivity index (χ1) is 13.3. The van der Waals surface area contributed by atoms with Crippen molar-refractivity contribution in [3.63, 3.8) is 0 Å². The molecule has 2 aromatic rings. The van der Waals surface area contributed by atoms with E-state index in [2.05, 4.69) is 24.8 Å². The molecule has 0 aliphatic rings. The van der Waals surface area contributed by atoms with Gasteiger partial charge in [-0.1, -0.05) is 49.6 Å². The maximum atomic E-state index is 8.87. The number of thioether (sulfide) groups is 1. The molecule has 0 saturated heterocycles. The Balaban J connectivity index is 1.57. The quantitative estimate of drug-likeness (QED) is 0.281. The Bertz CT molecular complexity index is 701. The van der Waals surface area contributed by atoms with Crippen LogP contribution in [0.3, 0.4) is 0 Å². The van der Waals surface area contributed by atoms with Gasteiger partial charge in [-0.2, -0.15) is 17.0 Å². The fourth-order valence-electron chi connectivity index (χ4n) is 2.82. The lowest BCUT2D eigenvalue weighted by Crippen LogP contribution is -2.00. The van der Waals surface area contributed by atoms with Gasteiger partial charge >= 0.3 is 0 Å². The molecule has 0 spiro atoms. The predicted molar refractivity (Wildman–Crippen MR) is 117 cm³/mol. The molecule has 0 amide bonds. The van der Waals surface area contributed by atoms with Crippen molar-refractivity contribution < 1.29 is 4.74 Å². The molecule has 142 valence electrons. The van der Waals surface area contributed by atoms with Gasteiger partial charge in [-0.25, -0.2) is 0 Å². The summed E-state index contributed by atoms with van der Waals surface area (Å²) in [5.41, 5.74) is 2.93. The van der Waals surface area contributed by atoms with Gasteiger partial charge in [-0.3, -0.25) is 0 Å². The molecule has 0 saturated carbocycles. The van der Waals surface area contributed by atoms with Gasteiger partial charge in [0.1, 0.15) is 5.75 Å². The largest absolute Gasteiger partial charge is 0.493 e. The summed E-state index contributed by atoms with van der Waals surface area (Å²) in [4.78, 5) is 0. The van der Waals surface area contributed by atoms with Gasteiger partial charge in [0.2, 0.25) is 0 Å². The minimum atomic E-state index is 0.684. The van der Waals surface area contributed by atoms with Crippen molar-refractivity contribution in [2.45, 2.75) is 38.5 Å². The highest BCUT2D eigenvalue weighted by atomic mass is 32.2. The minimum absolute atomic E-state index is 0.684. The zero-order valence-corrected chi connectivity index (χ0v) is 16.8. The minimum Gasteiger partial charge on any atom is -0.493 e. The molecule has 0 fully saturated rings. The van der Waals surface area contributed by atoms with Gasteiger partial charge in [0.25, 0.3) is 0 Å². The summed E-state index contributed by atoms with van der Waals surface area (Å²) in [7, 11) is 0. The molecule has 0 aromatic heterocycles. The van der Waals surface area contributed by atoms with Crippen molar-refractivity contribution in [3.8, 4) is 22.9 Å². The van der Waals surface area contributed by atoms with E-state index in [0.717, 1.165) is 35.7 Å². The van der Waals surface area contributed by atoms with Crippen molar-refractivity contribution in [2.24, 2.45) is 0 Å². The molecule has 0 aliphatic carbocycles. The van der Waals surface area contributed by atoms with E-state index in [1.54, 1.807) is 0 Å². The van der Waals surface area contributed by atoms with Crippen LogP contribution in [0.1, 0.15) is 44.1 Å². The van der Waals surface area contributed by atoms with Crippen LogP contribution < -0.4 is 4.74 Å². The number of nitrogens with zero attached hydrogens (tertiary/aromatic N) is 1. The lowest BCUT2D eigenvalue weighted by molar-refractivity contribution is 0.344. The smallest absolute Gasteiger partial charge is 0.119 e. The number of ether oxygens (including phenoxy) is 1. The van der Waals surface area contributed by atoms with E-state index in [-0.39, 0.29) is 0 Å². The Labute approximate surface area is 168 Å². The molecule has 0 heterocycles. The zero-order chi connectivity index (χ0) is 19.2. The number of nitriles is 1. The highest BCUT2D eigenvalue weighted by molar-refractivity contribution is 7.99. The second kappa shape index (κ2) is 13.1. The first kappa shape index (κ1) is 21.1. The molecule has 0 N–H and O–H groups in total. The molecule has 3 heteroatoms. The van der Waals surface area contributed by atoms with Crippen LogP contribution in [0.2, 0.25) is 0 Å². The number of hydrogen-bond acceptors (Lipinski definition) is 3. The number of rotatable bonds is 13. The van der Waals surface area contributed by atoms with E-state index >= 15 is 0 Å². The fraction of sp³-hybridized carbons (Fsp3) is 0.375. The van der Waals surface area contributed by atoms with E-state index in [1.807, 2.05) is 54.2 Å². The van der Waals surface area contributed by atoms with E-state index in [1.165, 1.54) is 37.9 Å². The normalized spacial score (nSPS) is 10.3. The van der Waals surface area contributed by atoms with Gasteiger partial charge in [-0.15, -0.1) is 6.58 Å². The maximum Gasteiger partial charge on any atom is 0.119 e. The number of unbranched alkanes of at least 4 members (excludes halogenated alkanes) is 5. The molecule has 2 nitrogen and oxygen atoms in total. The number of hydrogen-bond donors (Lipinski definition) is 0. The van der Waals surface area contributed by atoms with Crippen molar-refractivity contribution in [2.75, 3.05) is 18.1 Å². The molecule has 0 radical (unpaired) electrons. The van der Waals surface area contributed by atoms with E-state index in [4.69, 9.17) is 10.00 Å². The lowest BCUT2D eigenvalue weighted by atomic mass is 10.0. The molecule has 2 rings (SSSR count). The Morgan fingerprint density at radius 3 is 2.15 bits per heavy atom. The standard InChI is InChI=1S/C24H29NOS/c1-2-3-4-5-6-7-8-18-27-19-17-26-24-15-13-23(14-16-24)22-11-9-21(20-25)10-12-22/h2,9-16H,1,3-8,17-19H2. The Kier molecular flexibility index (Phi) is 10.2. The second-order valence-corrected chi connectivity index (χ2v) is 7.74. The summed E-state index contributed by atoms with van der Waals surface area (Å²) >= 11 is 1.98. The average molecular weight is 380 g/mol. The van der Waals surface area contributed by atoms with Gasteiger partial charge in [-0.05, 0) is 60.4 Å². The van der Waals surface area contributed by atoms with Crippen LogP contribution in [0, 0.1) is 11.3 Å². The summed E-state index contributed by atoms with van der Waals surface area (Å²) in [5.74, 6) is 3.17. The van der Waals surface area contributed by atoms with Gasteiger partial charge in [0.15, 0.2) is 0 Å². The highest BCUT2D eigenvalue weighted by Gasteiger charge is 2.00. The number of allylic oxidation sites excluding steroid dienone is 1. The average Bonchev–Trinajstić information content (AvgIpc) is 2.72. The third-order valence-corrected chi connectivity index (χ3v) is 5.43. The van der Waals surface area contributed by atoms with E-state index < -0.39 is 0 Å². The topological polar surface area (TPSA) is 33.0 Å². The summed E-state index contributed by atoms with van der Waals surface area (Å²) in [5, 5.41) is 8.87. The fourth-order valence-corrected chi connectivity index (χ4v) is 3.64. The Morgan fingerprint density at radius 2 is 1.48 bits per heavy atom. The highest BCUT2D eigenvalue weighted by Crippen LogP contribution is 2.23. The van der Waals surface area contributed by atoms with Gasteiger partial charge < -0.3 is 4.74 Å². The monoisotopic (exact) mass is 379 g/mol. The maximum absolute atomic E-state index is 8.87. The third kappa shape index (κ3) is 8.37. The molecule has 0 bridgehead atoms. The Hall–Kier alpha value is -2.18. The van der Waals surface area contributed by atoms with E-state index in [0.29, 0.717) is 5.56 Å². The summed E-state index contributed by atoms with van der Waals surface area (Å²) < 4.78 is 5.83. The van der Waals surface area contributed by atoms with Crippen molar-refractivity contribution >= 4 is 11.8 Å². The molecular formula is C24H29NOS. The van der Waals surface area contributed by atoms with Crippen LogP contribution in [0.4, 0.5) is 0 Å². The van der Waals surface area contributed by atoms with Gasteiger partial charge in [0.05, 0.1) is 18.2 Å². The molecule has 27 heavy (non-hydrogen) atoms. The Morgan fingerprint density at radius 1 is 0.852 bits per heavy atom. The van der Waals surface area contributed by atoms with Crippen molar-refractivity contribution in [3.05, 3.63) is 66.7 Å². The first-order valence-corrected chi connectivity index (χ1v) is 10.9. The third-order valence-electron chi connectivity index (χ3n) is 4.39.